The molecule has 1 aromatic heterocycles. The first-order chi connectivity index (χ1) is 10.8. The van der Waals surface area contributed by atoms with Crippen LogP contribution in [0.5, 0.6) is 0 Å². The summed E-state index contributed by atoms with van der Waals surface area (Å²) in [6.45, 7) is 2.10. The summed E-state index contributed by atoms with van der Waals surface area (Å²) in [7, 11) is 0. The van der Waals surface area contributed by atoms with Gasteiger partial charge in [-0.05, 0) is 30.2 Å². The van der Waals surface area contributed by atoms with E-state index < -0.39 is 0 Å². The number of pyridine rings is 1. The Morgan fingerprint density at radius 2 is 1.73 bits per heavy atom. The first-order valence-electron chi connectivity index (χ1n) is 7.50. The van der Waals surface area contributed by atoms with Crippen LogP contribution < -0.4 is 0 Å². The van der Waals surface area contributed by atoms with Gasteiger partial charge in [-0.3, -0.25) is 0 Å². The third-order valence-corrected chi connectivity index (χ3v) is 4.04. The maximum atomic E-state index is 4.85. The molecule has 0 saturated carbocycles. The van der Waals surface area contributed by atoms with E-state index in [9.17, 15) is 0 Å². The zero-order valence-corrected chi connectivity index (χ0v) is 12.5. The first kappa shape index (κ1) is 13.0. The molecule has 0 bridgehead atoms. The molecular weight excluding hydrogens is 266 g/mol. The number of fused-ring (bicyclic) bond motifs is 1. The fourth-order valence-corrected chi connectivity index (χ4v) is 2.84. The maximum Gasteiger partial charge on any atom is 0.0715 e. The molecule has 1 aliphatic carbocycles. The fraction of sp³-hybridized carbons (Fsp3) is 0.0476. The van der Waals surface area contributed by atoms with E-state index in [0.717, 1.165) is 16.8 Å². The standard InChI is InChI=1S/C21H16N/c1-15-10-12-17(13-11-15)21-14-19(16-6-2-3-7-16)18-8-4-5-9-20(18)22-21/h2-14H,1H3. The van der Waals surface area contributed by atoms with E-state index in [1.807, 2.05) is 6.07 Å². The smallest absolute Gasteiger partial charge is 0.0715 e. The number of rotatable bonds is 2. The predicted molar refractivity (Wildman–Crippen MR) is 93.3 cm³/mol. The molecule has 0 fully saturated rings. The summed E-state index contributed by atoms with van der Waals surface area (Å²) >= 11 is 0. The molecule has 0 atom stereocenters. The van der Waals surface area contributed by atoms with Crippen LogP contribution in [0.1, 0.15) is 11.1 Å². The molecule has 105 valence electrons. The minimum absolute atomic E-state index is 1.02. The van der Waals surface area contributed by atoms with Crippen molar-refractivity contribution < 1.29 is 0 Å². The van der Waals surface area contributed by atoms with Gasteiger partial charge in [0, 0.05) is 17.4 Å². The zero-order chi connectivity index (χ0) is 14.9. The average molecular weight is 282 g/mol. The molecule has 2 aromatic carbocycles. The minimum Gasteiger partial charge on any atom is -0.248 e. The van der Waals surface area contributed by atoms with Gasteiger partial charge in [0.05, 0.1) is 11.2 Å². The van der Waals surface area contributed by atoms with Gasteiger partial charge in [-0.15, -0.1) is 0 Å². The van der Waals surface area contributed by atoms with Crippen molar-refractivity contribution in [3.8, 4) is 11.3 Å². The summed E-state index contributed by atoms with van der Waals surface area (Å²) < 4.78 is 0. The highest BCUT2D eigenvalue weighted by Gasteiger charge is 2.11. The van der Waals surface area contributed by atoms with Crippen molar-refractivity contribution in [3.63, 3.8) is 0 Å². The summed E-state index contributed by atoms with van der Waals surface area (Å²) in [5, 5.41) is 1.20. The molecule has 4 rings (SSSR count). The Morgan fingerprint density at radius 1 is 0.909 bits per heavy atom. The minimum atomic E-state index is 1.02. The molecule has 1 heteroatoms. The second-order valence-electron chi connectivity index (χ2n) is 5.61. The van der Waals surface area contributed by atoms with Crippen molar-refractivity contribution in [3.05, 3.63) is 90.4 Å². The molecule has 0 spiro atoms. The second kappa shape index (κ2) is 5.27. The second-order valence-corrected chi connectivity index (χ2v) is 5.61. The summed E-state index contributed by atoms with van der Waals surface area (Å²) in [4.78, 5) is 4.85. The van der Waals surface area contributed by atoms with Crippen molar-refractivity contribution in [1.82, 2.24) is 4.98 Å². The van der Waals surface area contributed by atoms with Crippen LogP contribution in [-0.4, -0.2) is 4.98 Å². The van der Waals surface area contributed by atoms with Crippen LogP contribution >= 0.6 is 0 Å². The number of nitrogens with zero attached hydrogens (tertiary/aromatic N) is 1. The van der Waals surface area contributed by atoms with E-state index in [0.29, 0.717) is 0 Å². The van der Waals surface area contributed by atoms with E-state index in [1.54, 1.807) is 0 Å². The Balaban J connectivity index is 1.97. The Morgan fingerprint density at radius 3 is 2.50 bits per heavy atom. The molecular formula is C21H16N. The van der Waals surface area contributed by atoms with Crippen LogP contribution in [0.3, 0.4) is 0 Å². The normalized spacial score (nSPS) is 13.6. The van der Waals surface area contributed by atoms with Gasteiger partial charge in [-0.25, -0.2) is 4.98 Å². The van der Waals surface area contributed by atoms with Crippen LogP contribution in [0, 0.1) is 13.3 Å². The number of benzene rings is 2. The lowest BCUT2D eigenvalue weighted by Gasteiger charge is -2.10. The van der Waals surface area contributed by atoms with Gasteiger partial charge in [0.15, 0.2) is 0 Å². The van der Waals surface area contributed by atoms with Crippen molar-refractivity contribution in [1.29, 1.82) is 0 Å². The molecule has 0 aliphatic heterocycles. The van der Waals surface area contributed by atoms with Crippen molar-refractivity contribution in [2.24, 2.45) is 0 Å². The van der Waals surface area contributed by atoms with Gasteiger partial charge >= 0.3 is 0 Å². The van der Waals surface area contributed by atoms with Crippen LogP contribution in [0.25, 0.3) is 27.7 Å². The molecule has 0 unspecified atom stereocenters. The van der Waals surface area contributed by atoms with Crippen LogP contribution in [0.15, 0.2) is 72.8 Å². The van der Waals surface area contributed by atoms with Crippen LogP contribution in [0.4, 0.5) is 0 Å². The van der Waals surface area contributed by atoms with E-state index in [2.05, 4.69) is 80.1 Å². The van der Waals surface area contributed by atoms with Gasteiger partial charge in [0.25, 0.3) is 0 Å². The third-order valence-electron chi connectivity index (χ3n) is 4.04. The van der Waals surface area contributed by atoms with Gasteiger partial charge in [0.1, 0.15) is 0 Å². The maximum absolute atomic E-state index is 4.85. The topological polar surface area (TPSA) is 12.9 Å². The molecule has 3 aromatic rings. The Bertz CT molecular complexity index is 899. The summed E-state index contributed by atoms with van der Waals surface area (Å²) in [6.07, 6.45) is 8.47. The number of allylic oxidation sites excluding steroid dienone is 4. The van der Waals surface area contributed by atoms with Crippen LogP contribution in [-0.2, 0) is 0 Å². The Labute approximate surface area is 130 Å². The summed E-state index contributed by atoms with van der Waals surface area (Å²) in [5.74, 6) is 0. The van der Waals surface area contributed by atoms with E-state index in [4.69, 9.17) is 4.98 Å². The Hall–Kier alpha value is -2.67. The quantitative estimate of drug-likeness (QED) is 0.616. The van der Waals surface area contributed by atoms with Crippen LogP contribution in [0.2, 0.25) is 0 Å². The monoisotopic (exact) mass is 282 g/mol. The van der Waals surface area contributed by atoms with Crippen molar-refractivity contribution >= 4 is 16.5 Å². The number of hydrogen-bond donors (Lipinski definition) is 0. The third kappa shape index (κ3) is 2.25. The van der Waals surface area contributed by atoms with Gasteiger partial charge in [0.2, 0.25) is 0 Å². The molecule has 1 heterocycles. The average Bonchev–Trinajstić information content (AvgIpc) is 3.09. The number of aryl methyl sites for hydroxylation is 1. The molecule has 22 heavy (non-hydrogen) atoms. The number of para-hydroxylation sites is 1. The molecule has 0 amide bonds. The highest BCUT2D eigenvalue weighted by Crippen LogP contribution is 2.31. The zero-order valence-electron chi connectivity index (χ0n) is 12.5. The lowest BCUT2D eigenvalue weighted by Crippen LogP contribution is -1.91. The first-order valence-corrected chi connectivity index (χ1v) is 7.50. The number of hydrogen-bond acceptors (Lipinski definition) is 1. The fourth-order valence-electron chi connectivity index (χ4n) is 2.84. The van der Waals surface area contributed by atoms with Gasteiger partial charge < -0.3 is 0 Å². The summed E-state index contributed by atoms with van der Waals surface area (Å²) in [5.41, 5.74) is 6.97. The highest BCUT2D eigenvalue weighted by molar-refractivity contribution is 5.97. The highest BCUT2D eigenvalue weighted by atomic mass is 14.7. The molecule has 0 saturated heterocycles. The number of aromatic nitrogens is 1. The summed E-state index contributed by atoms with van der Waals surface area (Å²) in [6, 6.07) is 19.1. The lowest BCUT2D eigenvalue weighted by molar-refractivity contribution is 1.38. The van der Waals surface area contributed by atoms with Gasteiger partial charge in [-0.2, -0.15) is 0 Å². The Kier molecular flexibility index (Phi) is 3.12. The predicted octanol–water partition coefficient (Wildman–Crippen LogP) is 5.37. The molecule has 1 aliphatic rings. The molecule has 0 N–H and O–H groups in total. The van der Waals surface area contributed by atoms with E-state index in [-0.39, 0.29) is 0 Å². The van der Waals surface area contributed by atoms with E-state index >= 15 is 0 Å². The van der Waals surface area contributed by atoms with Crippen molar-refractivity contribution in [2.45, 2.75) is 6.92 Å². The van der Waals surface area contributed by atoms with Crippen molar-refractivity contribution in [2.75, 3.05) is 0 Å². The van der Waals surface area contributed by atoms with Gasteiger partial charge in [-0.1, -0.05) is 66.3 Å². The lowest BCUT2D eigenvalue weighted by atomic mass is 9.98. The van der Waals surface area contributed by atoms with E-state index in [1.165, 1.54) is 22.1 Å². The largest absolute Gasteiger partial charge is 0.248 e. The SMILES string of the molecule is Cc1ccc(-c2cc(C3=C[CH]C=C3)c3ccccc3n2)cc1. The molecule has 1 nitrogen and oxygen atoms in total. The molecule has 1 radical (unpaired) electrons.